The molecule has 1 aliphatic heterocycles. The minimum atomic E-state index is 0.258. The van der Waals surface area contributed by atoms with Crippen molar-refractivity contribution >= 4 is 5.52 Å². The largest absolute Gasteiger partial charge is 0.376 e. The molecule has 0 amide bonds. The van der Waals surface area contributed by atoms with Gasteiger partial charge in [-0.05, 0) is 26.0 Å². The van der Waals surface area contributed by atoms with E-state index in [9.17, 15) is 5.26 Å². The van der Waals surface area contributed by atoms with Crippen molar-refractivity contribution in [1.29, 1.82) is 5.26 Å². The predicted molar refractivity (Wildman–Crippen MR) is 77.4 cm³/mol. The smallest absolute Gasteiger partial charge is 0.102 e. The number of hydrogen-bond donors (Lipinski definition) is 0. The summed E-state index contributed by atoms with van der Waals surface area (Å²) in [7, 11) is 0. The summed E-state index contributed by atoms with van der Waals surface area (Å²) in [6.45, 7) is 6.75. The summed E-state index contributed by atoms with van der Waals surface area (Å²) in [5, 5.41) is 9.45. The molecule has 3 rings (SSSR count). The van der Waals surface area contributed by atoms with Crippen LogP contribution in [0, 0.1) is 11.3 Å². The van der Waals surface area contributed by atoms with E-state index in [4.69, 9.17) is 4.74 Å². The highest BCUT2D eigenvalue weighted by molar-refractivity contribution is 5.65. The van der Waals surface area contributed by atoms with Gasteiger partial charge < -0.3 is 9.14 Å². The molecule has 2 atom stereocenters. The lowest BCUT2D eigenvalue weighted by atomic mass is 10.1. The van der Waals surface area contributed by atoms with E-state index < -0.39 is 0 Å². The lowest BCUT2D eigenvalue weighted by Crippen LogP contribution is -2.46. The maximum Gasteiger partial charge on any atom is 0.102 e. The lowest BCUT2D eigenvalue weighted by molar-refractivity contribution is -0.0526. The van der Waals surface area contributed by atoms with Crippen LogP contribution in [0.4, 0.5) is 0 Å². The highest BCUT2D eigenvalue weighted by Crippen LogP contribution is 2.22. The van der Waals surface area contributed by atoms with Gasteiger partial charge in [0.05, 0.1) is 23.8 Å². The molecular weight excluding hydrogens is 250 g/mol. The number of ether oxygens (including phenoxy) is 1. The molecule has 0 aliphatic carbocycles. The Morgan fingerprint density at radius 2 is 2.25 bits per heavy atom. The Morgan fingerprint density at radius 1 is 1.40 bits per heavy atom. The van der Waals surface area contributed by atoms with Gasteiger partial charge in [-0.15, -0.1) is 0 Å². The third-order valence-corrected chi connectivity index (χ3v) is 3.98. The first-order valence-corrected chi connectivity index (χ1v) is 7.03. The van der Waals surface area contributed by atoms with Crippen LogP contribution in [0.25, 0.3) is 5.52 Å². The van der Waals surface area contributed by atoms with Crippen LogP contribution in [0.5, 0.6) is 0 Å². The van der Waals surface area contributed by atoms with Crippen molar-refractivity contribution in [2.45, 2.75) is 32.5 Å². The average Bonchev–Trinajstić information content (AvgIpc) is 2.80. The molecule has 4 nitrogen and oxygen atoms in total. The van der Waals surface area contributed by atoms with Crippen LogP contribution in [-0.2, 0) is 11.3 Å². The van der Waals surface area contributed by atoms with Gasteiger partial charge in [0, 0.05) is 37.1 Å². The molecule has 0 saturated carbocycles. The van der Waals surface area contributed by atoms with Gasteiger partial charge in [-0.25, -0.2) is 0 Å². The molecule has 1 saturated heterocycles. The molecule has 104 valence electrons. The quantitative estimate of drug-likeness (QED) is 0.840. The molecule has 1 aliphatic rings. The molecule has 0 spiro atoms. The van der Waals surface area contributed by atoms with Gasteiger partial charge in [-0.1, -0.05) is 6.07 Å². The third-order valence-electron chi connectivity index (χ3n) is 3.98. The van der Waals surface area contributed by atoms with E-state index in [-0.39, 0.29) is 6.10 Å². The monoisotopic (exact) mass is 269 g/mol. The fourth-order valence-electron chi connectivity index (χ4n) is 2.84. The van der Waals surface area contributed by atoms with Crippen molar-refractivity contribution in [2.24, 2.45) is 0 Å². The molecule has 0 N–H and O–H groups in total. The number of morpholine rings is 1. The summed E-state index contributed by atoms with van der Waals surface area (Å²) >= 11 is 0. The Bertz CT molecular complexity index is 655. The standard InChI is InChI=1S/C16H19N3O/c1-12-11-20-13(2)8-19(12)10-14-9-18-6-4-3-5-16(18)15(14)7-17/h3-6,9,12-13H,8,10-11H2,1-2H3. The zero-order valence-corrected chi connectivity index (χ0v) is 11.9. The van der Waals surface area contributed by atoms with Gasteiger partial charge in [0.25, 0.3) is 0 Å². The number of fused-ring (bicyclic) bond motifs is 1. The summed E-state index contributed by atoms with van der Waals surface area (Å²) < 4.78 is 7.69. The van der Waals surface area contributed by atoms with Gasteiger partial charge in [0.1, 0.15) is 6.07 Å². The number of nitrogens with zero attached hydrogens (tertiary/aromatic N) is 3. The Morgan fingerprint density at radius 3 is 3.05 bits per heavy atom. The number of aromatic nitrogens is 1. The minimum absolute atomic E-state index is 0.258. The average molecular weight is 269 g/mol. The fraction of sp³-hybridized carbons (Fsp3) is 0.438. The van der Waals surface area contributed by atoms with E-state index in [1.54, 1.807) is 0 Å². The second kappa shape index (κ2) is 5.28. The third kappa shape index (κ3) is 2.31. The number of pyridine rings is 1. The molecule has 2 aromatic rings. The van der Waals surface area contributed by atoms with Gasteiger partial charge in [0.15, 0.2) is 0 Å². The van der Waals surface area contributed by atoms with E-state index in [1.165, 1.54) is 0 Å². The van der Waals surface area contributed by atoms with Crippen LogP contribution in [0.1, 0.15) is 25.0 Å². The molecule has 0 radical (unpaired) electrons. The SMILES string of the molecule is CC1CN(Cc2cn3ccccc3c2C#N)C(C)CO1. The summed E-state index contributed by atoms with van der Waals surface area (Å²) in [4.78, 5) is 2.39. The number of hydrogen-bond acceptors (Lipinski definition) is 3. The van der Waals surface area contributed by atoms with Crippen LogP contribution < -0.4 is 0 Å². The molecule has 3 heterocycles. The molecule has 0 aromatic carbocycles. The Kier molecular flexibility index (Phi) is 3.47. The molecule has 4 heteroatoms. The van der Waals surface area contributed by atoms with Crippen LogP contribution >= 0.6 is 0 Å². The molecular formula is C16H19N3O. The fourth-order valence-corrected chi connectivity index (χ4v) is 2.84. The summed E-state index contributed by atoms with van der Waals surface area (Å²) in [5.41, 5.74) is 2.87. The van der Waals surface area contributed by atoms with E-state index in [1.807, 2.05) is 28.8 Å². The van der Waals surface area contributed by atoms with Gasteiger partial charge in [-0.3, -0.25) is 4.90 Å². The molecule has 2 unspecified atom stereocenters. The van der Waals surface area contributed by atoms with Crippen molar-refractivity contribution in [2.75, 3.05) is 13.2 Å². The second-order valence-electron chi connectivity index (χ2n) is 5.56. The first kappa shape index (κ1) is 13.2. The van der Waals surface area contributed by atoms with Crippen molar-refractivity contribution in [3.05, 3.63) is 41.7 Å². The summed E-state index contributed by atoms with van der Waals surface area (Å²) in [5.74, 6) is 0. The highest BCUT2D eigenvalue weighted by Gasteiger charge is 2.24. The molecule has 1 fully saturated rings. The molecule has 20 heavy (non-hydrogen) atoms. The van der Waals surface area contributed by atoms with Crippen LogP contribution in [0.15, 0.2) is 30.6 Å². The maximum atomic E-state index is 9.45. The summed E-state index contributed by atoms with van der Waals surface area (Å²) in [6, 6.07) is 8.69. The van der Waals surface area contributed by atoms with Crippen LogP contribution in [0.3, 0.4) is 0 Å². The number of rotatable bonds is 2. The van der Waals surface area contributed by atoms with Gasteiger partial charge in [0.2, 0.25) is 0 Å². The second-order valence-corrected chi connectivity index (χ2v) is 5.56. The van der Waals surface area contributed by atoms with E-state index in [0.717, 1.165) is 36.3 Å². The zero-order valence-electron chi connectivity index (χ0n) is 11.9. The molecule has 0 bridgehead atoms. The first-order valence-electron chi connectivity index (χ1n) is 7.03. The number of nitriles is 1. The van der Waals surface area contributed by atoms with Crippen LogP contribution in [-0.4, -0.2) is 34.6 Å². The van der Waals surface area contributed by atoms with E-state index in [2.05, 4.69) is 31.0 Å². The Hall–Kier alpha value is -1.83. The maximum absolute atomic E-state index is 9.45. The van der Waals surface area contributed by atoms with Crippen LogP contribution in [0.2, 0.25) is 0 Å². The Labute approximate surface area is 119 Å². The normalized spacial score (nSPS) is 23.9. The van der Waals surface area contributed by atoms with Crippen molar-refractivity contribution in [1.82, 2.24) is 9.30 Å². The van der Waals surface area contributed by atoms with E-state index in [0.29, 0.717) is 6.04 Å². The van der Waals surface area contributed by atoms with Crippen molar-refractivity contribution in [3.8, 4) is 6.07 Å². The predicted octanol–water partition coefficient (Wildman–Crippen LogP) is 2.42. The van der Waals surface area contributed by atoms with Gasteiger partial charge >= 0.3 is 0 Å². The summed E-state index contributed by atoms with van der Waals surface area (Å²) in [6.07, 6.45) is 4.32. The van der Waals surface area contributed by atoms with Gasteiger partial charge in [-0.2, -0.15) is 5.26 Å². The topological polar surface area (TPSA) is 40.7 Å². The Balaban J connectivity index is 1.92. The molecule has 2 aromatic heterocycles. The lowest BCUT2D eigenvalue weighted by Gasteiger charge is -2.36. The highest BCUT2D eigenvalue weighted by atomic mass is 16.5. The minimum Gasteiger partial charge on any atom is -0.376 e. The zero-order chi connectivity index (χ0) is 14.1. The first-order chi connectivity index (χ1) is 9.69. The van der Waals surface area contributed by atoms with Crippen molar-refractivity contribution < 1.29 is 4.74 Å². The van der Waals surface area contributed by atoms with Crippen molar-refractivity contribution in [3.63, 3.8) is 0 Å². The van der Waals surface area contributed by atoms with E-state index >= 15 is 0 Å².